The molecule has 13 heteroatoms. The lowest BCUT2D eigenvalue weighted by molar-refractivity contribution is -0.952. The molecule has 30 rings (SSSR count). The standard InChI is InChI=1S/C23H34NO.C22H31NO2.C22H32NO.C22H32N.C21H29NO2.C21H29NO/c1-17-8-9-19-15-21-23(25)11-4-3-10-22(23,20(19)14-17)12-13-24(21,2)16-18-6-5-7-18;1-23(15-16-5-4-6-16)12-11-21-9-2-3-10-22(21,25)20(23)13-17-7-8-18(24)14-19(17)21;1-16-5-8-18-14-20-22(24)10-4-3-9-21(22,19(18)13-16)11-12-23(20,2)15-17-6-7-17;1-16-6-9-18-14-21-19-5-3-4-10-22(19,20(18)13-16)11-12-23(21,2)15-17-7-8-17;1-22(14-15-4-5-15)11-10-20-8-2-3-9-21(20,24)19(22)12-16-6-7-17(23)13-18(16)20;1-22(14-15-5-6-15)11-10-21-9-3-2-4-18(21)20(22)12-16-7-8-17(23)13-19(16)21/h8-9,14,18,21,25H,3-7,10-13,15-16H2,1-2H3;7-8,14,16,20,25H,2-6,9-13,15H2,1H3;5,8,13,17,20,24H,3-4,6-7,9-12,14-15H2,1-2H3;6,9,13,17,19,21H,3-5,7-8,10-12,14-15H2,1-2H3;6-7,13,15,19,24H,2-5,8-12,14H2,1H3;7-8,13,15,18,20H,2-6,9-12,14H2,1H3/q+1;;2*+1;;/p+3/t21?,22-,23?,24+;2*20?,21-,22?,23+;19?,21?,22-,23-;19?,20-,21?,22+;18?,20?,21-,22-/m010110/s1. The Labute approximate surface area is 868 Å². The third-order valence-corrected chi connectivity index (χ3v) is 49.2. The first-order valence-corrected chi connectivity index (χ1v) is 60.8. The molecule has 6 aromatic rings. The van der Waals surface area contributed by atoms with Crippen LogP contribution in [0.2, 0.25) is 0 Å². The van der Waals surface area contributed by atoms with Gasteiger partial charge in [0, 0.05) is 157 Å². The van der Waals surface area contributed by atoms with Gasteiger partial charge in [0.15, 0.2) is 0 Å². The van der Waals surface area contributed by atoms with Gasteiger partial charge in [-0.05, 0) is 278 Å². The number of hydrogen-bond donors (Lipinski definition) is 7. The predicted molar refractivity (Wildman–Crippen MR) is 579 cm³/mol. The van der Waals surface area contributed by atoms with Crippen molar-refractivity contribution in [1.82, 2.24) is 0 Å². The van der Waals surface area contributed by atoms with Crippen molar-refractivity contribution in [2.45, 2.75) is 433 Å². The minimum atomic E-state index is -0.594. The molecule has 24 aliphatic rings. The van der Waals surface area contributed by atoms with E-state index in [0.717, 1.165) is 167 Å². The molecule has 6 aliphatic heterocycles. The number of aromatic hydroxyl groups is 3. The first-order chi connectivity index (χ1) is 69.1. The van der Waals surface area contributed by atoms with Crippen molar-refractivity contribution in [1.29, 1.82) is 0 Å². The van der Waals surface area contributed by atoms with Crippen LogP contribution in [0.3, 0.4) is 0 Å². The Balaban J connectivity index is 0.0000000905. The van der Waals surface area contributed by atoms with E-state index in [9.17, 15) is 35.7 Å². The normalized spacial score (nSPS) is 43.0. The average molecular weight is 1960 g/mol. The van der Waals surface area contributed by atoms with Crippen LogP contribution in [-0.4, -0.2) is 242 Å². The molecule has 0 spiro atoms. The van der Waals surface area contributed by atoms with Gasteiger partial charge in [-0.25, -0.2) is 0 Å². The van der Waals surface area contributed by atoms with Crippen LogP contribution in [-0.2, 0) is 71.0 Å². The van der Waals surface area contributed by atoms with Gasteiger partial charge in [0.1, 0.15) is 63.8 Å². The van der Waals surface area contributed by atoms with E-state index in [1.54, 1.807) is 22.3 Å². The highest BCUT2D eigenvalue weighted by Crippen LogP contribution is 2.68. The zero-order valence-electron chi connectivity index (χ0n) is 91.1. The fourth-order valence-corrected chi connectivity index (χ4v) is 40.7. The summed E-state index contributed by atoms with van der Waals surface area (Å²) in [7, 11) is 14.9. The number of aliphatic hydroxyl groups is 4. The van der Waals surface area contributed by atoms with Crippen molar-refractivity contribution < 1.29 is 62.6 Å². The predicted octanol–water partition coefficient (Wildman–Crippen LogP) is 23.1. The number of piperidine rings is 6. The molecule has 0 aromatic heterocycles. The van der Waals surface area contributed by atoms with Crippen molar-refractivity contribution in [3.8, 4) is 17.2 Å². The lowest BCUT2D eigenvalue weighted by Gasteiger charge is -2.66. The van der Waals surface area contributed by atoms with Crippen molar-refractivity contribution >= 4 is 0 Å². The Morgan fingerprint density at radius 1 is 0.229 bits per heavy atom. The number of aryl methyl sites for hydroxylation is 3. The summed E-state index contributed by atoms with van der Waals surface area (Å²) in [4.78, 5) is 0. The highest BCUT2D eigenvalue weighted by atomic mass is 16.3. The van der Waals surface area contributed by atoms with Crippen LogP contribution >= 0.6 is 0 Å². The van der Waals surface area contributed by atoms with E-state index >= 15 is 0 Å². The summed E-state index contributed by atoms with van der Waals surface area (Å²) in [6.07, 6.45) is 63.6. The number of rotatable bonds is 12. The van der Waals surface area contributed by atoms with Gasteiger partial charge in [-0.1, -0.05) is 179 Å². The first kappa shape index (κ1) is 99.0. The Kier molecular flexibility index (Phi) is 24.7. The van der Waals surface area contributed by atoms with Crippen LogP contribution in [0.5, 0.6) is 17.2 Å². The molecule has 7 N–H and O–H groups in total. The smallest absolute Gasteiger partial charge is 0.126 e. The maximum absolute atomic E-state index is 12.2. The minimum absolute atomic E-state index is 0.0346. The van der Waals surface area contributed by atoms with Crippen LogP contribution in [0, 0.1) is 68.1 Å². The summed E-state index contributed by atoms with van der Waals surface area (Å²) in [6.45, 7) is 22.4. The number of nitrogens with zero attached hydrogens (tertiary/aromatic N) is 6. The zero-order valence-corrected chi connectivity index (χ0v) is 91.1. The van der Waals surface area contributed by atoms with E-state index in [1.807, 2.05) is 30.3 Å². The number of likely N-dealkylation sites (tertiary alicyclic amines) is 6. The van der Waals surface area contributed by atoms with E-state index in [0.29, 0.717) is 52.2 Å². The van der Waals surface area contributed by atoms with Crippen LogP contribution in [0.4, 0.5) is 0 Å². The fourth-order valence-electron chi connectivity index (χ4n) is 40.7. The van der Waals surface area contributed by atoms with Crippen molar-refractivity contribution in [3.05, 3.63) is 193 Å². The van der Waals surface area contributed by atoms with Gasteiger partial charge >= 0.3 is 0 Å². The zero-order chi connectivity index (χ0) is 99.0. The monoisotopic (exact) mass is 1960 g/mol. The Bertz CT molecular complexity index is 5480. The van der Waals surface area contributed by atoms with E-state index in [-0.39, 0.29) is 21.7 Å². The molecular formula is C131H190N6O7+6. The summed E-state index contributed by atoms with van der Waals surface area (Å²) in [5.74, 6) is 8.65. The third kappa shape index (κ3) is 15.9. The van der Waals surface area contributed by atoms with Gasteiger partial charge in [0.05, 0.1) is 133 Å². The van der Waals surface area contributed by atoms with Gasteiger partial charge in [-0.15, -0.1) is 0 Å². The lowest BCUT2D eigenvalue weighted by Crippen LogP contribution is -2.78. The minimum Gasteiger partial charge on any atom is -0.508 e. The summed E-state index contributed by atoms with van der Waals surface area (Å²) in [5.41, 5.74) is 20.7. The quantitative estimate of drug-likeness (QED) is 0.0605. The van der Waals surface area contributed by atoms with Crippen LogP contribution in [0.15, 0.2) is 109 Å². The topological polar surface area (TPSA) is 142 Å². The molecule has 12 saturated carbocycles. The van der Waals surface area contributed by atoms with Crippen LogP contribution in [0.25, 0.3) is 0 Å². The van der Waals surface area contributed by atoms with Crippen LogP contribution < -0.4 is 0 Å². The molecule has 0 radical (unpaired) electrons. The number of fused-ring (bicyclic) bond motifs is 6. The molecule has 24 atom stereocenters. The molecule has 144 heavy (non-hydrogen) atoms. The fraction of sp³-hybridized carbons (Fsp3) is 0.725. The van der Waals surface area contributed by atoms with Gasteiger partial charge in [0.25, 0.3) is 0 Å². The van der Waals surface area contributed by atoms with E-state index in [1.165, 1.54) is 380 Å². The summed E-state index contributed by atoms with van der Waals surface area (Å²) in [6, 6.07) is 42.9. The second kappa shape index (κ2) is 36.0. The second-order valence-corrected chi connectivity index (χ2v) is 57.5. The number of hydrogen-bond acceptors (Lipinski definition) is 7. The van der Waals surface area contributed by atoms with Gasteiger partial charge < -0.3 is 62.6 Å². The van der Waals surface area contributed by atoms with Crippen molar-refractivity contribution in [3.63, 3.8) is 0 Å². The molecule has 780 valence electrons. The Morgan fingerprint density at radius 3 is 0.757 bits per heavy atom. The molecule has 12 unspecified atom stereocenters. The summed E-state index contributed by atoms with van der Waals surface area (Å²) in [5, 5.41) is 78.9. The number of quaternary nitrogens is 6. The maximum atomic E-state index is 12.2. The molecule has 13 nitrogen and oxygen atoms in total. The molecular weight excluding hydrogens is 1770 g/mol. The Morgan fingerprint density at radius 2 is 0.465 bits per heavy atom. The van der Waals surface area contributed by atoms with Crippen LogP contribution in [0.1, 0.15) is 366 Å². The van der Waals surface area contributed by atoms with E-state index < -0.39 is 22.4 Å². The highest BCUT2D eigenvalue weighted by Gasteiger charge is 2.74. The van der Waals surface area contributed by atoms with E-state index in [2.05, 4.69) is 142 Å². The second-order valence-electron chi connectivity index (χ2n) is 57.5. The number of phenolic OH excluding ortho intramolecular Hbond substituents is 3. The van der Waals surface area contributed by atoms with Gasteiger partial charge in [-0.2, -0.15) is 0 Å². The largest absolute Gasteiger partial charge is 0.508 e. The number of likely N-dealkylation sites (N-methyl/N-ethyl adjacent to an activating group) is 6. The summed E-state index contributed by atoms with van der Waals surface area (Å²) < 4.78 is 7.08. The molecule has 18 aliphatic carbocycles. The summed E-state index contributed by atoms with van der Waals surface area (Å²) >= 11 is 0. The maximum Gasteiger partial charge on any atom is 0.126 e. The molecule has 12 bridgehead atoms. The van der Waals surface area contributed by atoms with E-state index in [4.69, 9.17) is 0 Å². The average Bonchev–Trinajstić information content (AvgIpc) is 0.854. The Hall–Kier alpha value is -5.68. The molecule has 6 aromatic carbocycles. The number of phenols is 3. The molecule has 18 fully saturated rings. The third-order valence-electron chi connectivity index (χ3n) is 49.2. The van der Waals surface area contributed by atoms with Gasteiger partial charge in [0.2, 0.25) is 0 Å². The number of benzene rings is 6. The highest BCUT2D eigenvalue weighted by molar-refractivity contribution is 5.53. The van der Waals surface area contributed by atoms with Crippen molar-refractivity contribution in [2.75, 3.05) is 121 Å². The molecule has 6 heterocycles. The molecule has 6 saturated heterocycles. The molecule has 0 amide bonds. The lowest BCUT2D eigenvalue weighted by atomic mass is 9.49. The van der Waals surface area contributed by atoms with Crippen molar-refractivity contribution in [2.24, 2.45) is 47.3 Å². The SMILES string of the molecule is C[N@@+]1(CC2CC2)CC[C@@]23CCCCC2(O)C1Cc1ccc(O)cc13.C[N@@+]1(CC2CC2)CC[C@@]23CCCCC2C1Cc1ccc(O)cc13.C[N@@+]1(CC2CCC2)CC[C@@]23CCCCC2(O)C1Cc1ccc(O)cc13.Cc1ccc2c(c1)[C@@]13CCCCC1(O)C(C2)[N@@+](C)(CC1CC1)CC3.Cc1ccc2c(c1)[C@@]13CCCCC1(O)C(C2)[N@@+](C)(CC1CCC1)CC3.Cc1ccc2c(c1)[C@@]13CCCCC1C(C2)[N@@+](C)(CC1CC1)CC3. The first-order valence-electron chi connectivity index (χ1n) is 60.8. The van der Waals surface area contributed by atoms with Gasteiger partial charge in [-0.3, -0.25) is 0 Å².